The maximum Gasteiger partial charge on any atom is 0.310 e. The number of amides is 2. The van der Waals surface area contributed by atoms with Gasteiger partial charge in [-0.15, -0.1) is 0 Å². The minimum atomic E-state index is -0.542. The summed E-state index contributed by atoms with van der Waals surface area (Å²) in [4.78, 5) is 37.5. The average Bonchev–Trinajstić information content (AvgIpc) is 2.68. The topological polar surface area (TPSA) is 84.9 Å². The third-order valence-corrected chi connectivity index (χ3v) is 4.27. The Morgan fingerprint density at radius 2 is 1.66 bits per heavy atom. The van der Waals surface area contributed by atoms with Crippen LogP contribution in [0.4, 0.5) is 5.69 Å². The van der Waals surface area contributed by atoms with E-state index in [1.54, 1.807) is 18.2 Å². The van der Waals surface area contributed by atoms with Crippen LogP contribution in [0, 0.1) is 13.8 Å². The van der Waals surface area contributed by atoms with Gasteiger partial charge in [-0.1, -0.05) is 35.4 Å². The molecular formula is C22H26N2O5. The summed E-state index contributed by atoms with van der Waals surface area (Å²) in [5, 5.41) is 2.72. The van der Waals surface area contributed by atoms with E-state index in [0.29, 0.717) is 17.0 Å². The Bertz CT molecular complexity index is 877. The lowest BCUT2D eigenvalue weighted by Gasteiger charge is -2.17. The van der Waals surface area contributed by atoms with Gasteiger partial charge < -0.3 is 19.7 Å². The number of carbonyl (C=O) groups excluding carboxylic acids is 3. The van der Waals surface area contributed by atoms with E-state index in [-0.39, 0.29) is 18.9 Å². The number of hydrogen-bond acceptors (Lipinski definition) is 5. The summed E-state index contributed by atoms with van der Waals surface area (Å²) in [5.74, 6) is -0.752. The molecule has 0 heterocycles. The third kappa shape index (κ3) is 6.95. The van der Waals surface area contributed by atoms with Crippen molar-refractivity contribution in [1.82, 2.24) is 4.90 Å². The van der Waals surface area contributed by atoms with E-state index in [1.165, 1.54) is 19.1 Å². The second-order valence-corrected chi connectivity index (χ2v) is 6.82. The summed E-state index contributed by atoms with van der Waals surface area (Å²) >= 11 is 0. The van der Waals surface area contributed by atoms with Crippen LogP contribution in [-0.2, 0) is 25.5 Å². The molecule has 0 aliphatic heterocycles. The van der Waals surface area contributed by atoms with E-state index < -0.39 is 18.5 Å². The molecule has 0 saturated heterocycles. The van der Waals surface area contributed by atoms with E-state index in [4.69, 9.17) is 9.47 Å². The van der Waals surface area contributed by atoms with E-state index in [9.17, 15) is 14.4 Å². The molecule has 2 rings (SSSR count). The first-order valence-electron chi connectivity index (χ1n) is 9.18. The number of hydrogen-bond donors (Lipinski definition) is 1. The van der Waals surface area contributed by atoms with Crippen LogP contribution < -0.4 is 10.1 Å². The molecule has 0 fully saturated rings. The number of anilines is 1. The van der Waals surface area contributed by atoms with Crippen molar-refractivity contribution in [3.05, 3.63) is 59.2 Å². The minimum absolute atomic E-state index is 0.00421. The summed E-state index contributed by atoms with van der Waals surface area (Å²) in [6.45, 7) is 3.29. The van der Waals surface area contributed by atoms with Crippen molar-refractivity contribution in [3.8, 4) is 5.75 Å². The first-order chi connectivity index (χ1) is 13.8. The molecule has 0 saturated carbocycles. The number of benzene rings is 2. The Labute approximate surface area is 170 Å². The molecule has 0 atom stereocenters. The fourth-order valence-electron chi connectivity index (χ4n) is 2.65. The predicted molar refractivity (Wildman–Crippen MR) is 110 cm³/mol. The Hall–Kier alpha value is -3.35. The van der Waals surface area contributed by atoms with Crippen LogP contribution in [0.2, 0.25) is 0 Å². The fraction of sp³-hybridized carbons (Fsp3) is 0.318. The minimum Gasteiger partial charge on any atom is -0.496 e. The number of ether oxygens (including phenoxy) is 2. The molecule has 7 heteroatoms. The summed E-state index contributed by atoms with van der Waals surface area (Å²) in [6.07, 6.45) is -0.00421. The number of methoxy groups -OCH3 is 1. The molecule has 0 aliphatic carbocycles. The van der Waals surface area contributed by atoms with E-state index in [1.807, 2.05) is 38.1 Å². The largest absolute Gasteiger partial charge is 0.496 e. The third-order valence-electron chi connectivity index (χ3n) is 4.27. The van der Waals surface area contributed by atoms with Crippen molar-refractivity contribution in [1.29, 1.82) is 0 Å². The Morgan fingerprint density at radius 1 is 1.00 bits per heavy atom. The summed E-state index contributed by atoms with van der Waals surface area (Å²) in [6, 6.07) is 12.8. The highest BCUT2D eigenvalue weighted by atomic mass is 16.5. The van der Waals surface area contributed by atoms with Gasteiger partial charge in [0.1, 0.15) is 5.75 Å². The van der Waals surface area contributed by atoms with Gasteiger partial charge in [0.25, 0.3) is 5.91 Å². The van der Waals surface area contributed by atoms with Gasteiger partial charge in [-0.05, 0) is 32.0 Å². The normalized spacial score (nSPS) is 10.2. The van der Waals surface area contributed by atoms with Gasteiger partial charge in [0.2, 0.25) is 5.91 Å². The van der Waals surface area contributed by atoms with Crippen LogP contribution in [0.1, 0.15) is 16.7 Å². The Kier molecular flexibility index (Phi) is 7.77. The molecule has 7 nitrogen and oxygen atoms in total. The van der Waals surface area contributed by atoms with Crippen molar-refractivity contribution >= 4 is 23.5 Å². The molecule has 0 spiro atoms. The van der Waals surface area contributed by atoms with Crippen LogP contribution in [0.3, 0.4) is 0 Å². The number of carbonyl (C=O) groups is 3. The maximum atomic E-state index is 12.2. The zero-order valence-electron chi connectivity index (χ0n) is 17.2. The average molecular weight is 398 g/mol. The highest BCUT2D eigenvalue weighted by Crippen LogP contribution is 2.20. The standard InChI is InChI=1S/C22H26N2O5/c1-15-5-8-18(9-6-15)23-20(25)13-24(3)21(26)14-29-22(27)12-17-11-16(2)7-10-19(17)28-4/h5-11H,12-14H2,1-4H3,(H,23,25). The zero-order valence-corrected chi connectivity index (χ0v) is 17.2. The van der Waals surface area contributed by atoms with Gasteiger partial charge in [-0.3, -0.25) is 14.4 Å². The number of nitrogens with one attached hydrogen (secondary N) is 1. The van der Waals surface area contributed by atoms with Gasteiger partial charge in [0.15, 0.2) is 6.61 Å². The molecule has 2 aromatic rings. The lowest BCUT2D eigenvalue weighted by atomic mass is 10.1. The lowest BCUT2D eigenvalue weighted by molar-refractivity contribution is -0.151. The first-order valence-corrected chi connectivity index (χ1v) is 9.18. The quantitative estimate of drug-likeness (QED) is 0.691. The maximum absolute atomic E-state index is 12.2. The van der Waals surface area contributed by atoms with Gasteiger partial charge in [-0.2, -0.15) is 0 Å². The van der Waals surface area contributed by atoms with E-state index >= 15 is 0 Å². The predicted octanol–water partition coefficient (Wildman–Crippen LogP) is 2.49. The Balaban J connectivity index is 1.80. The molecule has 1 N–H and O–H groups in total. The van der Waals surface area contributed by atoms with Gasteiger partial charge in [0.05, 0.1) is 20.1 Å². The number of esters is 1. The lowest BCUT2D eigenvalue weighted by Crippen LogP contribution is -2.37. The van der Waals surface area contributed by atoms with E-state index in [2.05, 4.69) is 5.32 Å². The van der Waals surface area contributed by atoms with Gasteiger partial charge >= 0.3 is 5.97 Å². The Morgan fingerprint density at radius 3 is 2.31 bits per heavy atom. The van der Waals surface area contributed by atoms with Crippen molar-refractivity contribution in [2.24, 2.45) is 0 Å². The van der Waals surface area contributed by atoms with Crippen LogP contribution in [0.5, 0.6) is 5.75 Å². The number of likely N-dealkylation sites (N-methyl/N-ethyl adjacent to an activating group) is 1. The van der Waals surface area contributed by atoms with Gasteiger partial charge in [-0.25, -0.2) is 0 Å². The van der Waals surface area contributed by atoms with Crippen LogP contribution in [0.15, 0.2) is 42.5 Å². The first kappa shape index (κ1) is 21.9. The van der Waals surface area contributed by atoms with Crippen LogP contribution in [-0.4, -0.2) is 50.0 Å². The van der Waals surface area contributed by atoms with Crippen molar-refractivity contribution < 1.29 is 23.9 Å². The van der Waals surface area contributed by atoms with Gasteiger partial charge in [0, 0.05) is 18.3 Å². The SMILES string of the molecule is COc1ccc(C)cc1CC(=O)OCC(=O)N(C)CC(=O)Nc1ccc(C)cc1. The molecule has 0 aromatic heterocycles. The van der Waals surface area contributed by atoms with Crippen LogP contribution in [0.25, 0.3) is 0 Å². The summed E-state index contributed by atoms with van der Waals surface area (Å²) < 4.78 is 10.3. The molecule has 154 valence electrons. The second-order valence-electron chi connectivity index (χ2n) is 6.82. The molecule has 0 unspecified atom stereocenters. The van der Waals surface area contributed by atoms with Crippen LogP contribution >= 0.6 is 0 Å². The van der Waals surface area contributed by atoms with Crippen molar-refractivity contribution in [2.75, 3.05) is 32.6 Å². The van der Waals surface area contributed by atoms with E-state index in [0.717, 1.165) is 11.1 Å². The number of aryl methyl sites for hydroxylation is 2. The molecule has 2 aromatic carbocycles. The molecular weight excluding hydrogens is 372 g/mol. The van der Waals surface area contributed by atoms with Crippen molar-refractivity contribution in [2.45, 2.75) is 20.3 Å². The smallest absolute Gasteiger partial charge is 0.310 e. The summed E-state index contributed by atoms with van der Waals surface area (Å²) in [5.41, 5.74) is 3.42. The highest BCUT2D eigenvalue weighted by Gasteiger charge is 2.16. The number of nitrogens with zero attached hydrogens (tertiary/aromatic N) is 1. The highest BCUT2D eigenvalue weighted by molar-refractivity contribution is 5.94. The zero-order chi connectivity index (χ0) is 21.4. The molecule has 0 radical (unpaired) electrons. The molecule has 0 bridgehead atoms. The molecule has 2 amide bonds. The summed E-state index contributed by atoms with van der Waals surface area (Å²) in [7, 11) is 3.01. The number of rotatable bonds is 8. The second kappa shape index (κ2) is 10.3. The molecule has 0 aliphatic rings. The molecule has 29 heavy (non-hydrogen) atoms. The monoisotopic (exact) mass is 398 g/mol. The fourth-order valence-corrected chi connectivity index (χ4v) is 2.65. The van der Waals surface area contributed by atoms with Crippen molar-refractivity contribution in [3.63, 3.8) is 0 Å².